The van der Waals surface area contributed by atoms with E-state index in [9.17, 15) is 9.59 Å². The average Bonchev–Trinajstić information content (AvgIpc) is 3.13. The minimum Gasteiger partial charge on any atom is -0.352 e. The third-order valence-electron chi connectivity index (χ3n) is 3.23. The lowest BCUT2D eigenvalue weighted by atomic mass is 10.3. The largest absolute Gasteiger partial charge is 0.352 e. The lowest BCUT2D eigenvalue weighted by Gasteiger charge is -2.29. The number of halogens is 1. The first-order valence-corrected chi connectivity index (χ1v) is 6.61. The summed E-state index contributed by atoms with van der Waals surface area (Å²) in [6.45, 7) is 3.86. The number of likely N-dealkylation sites (N-methyl/N-ethyl adjacent to an activating group) is 1. The number of rotatable bonds is 5. The van der Waals surface area contributed by atoms with E-state index in [1.807, 2.05) is 11.9 Å². The van der Waals surface area contributed by atoms with Crippen LogP contribution in [0.4, 0.5) is 0 Å². The summed E-state index contributed by atoms with van der Waals surface area (Å²) in [5.74, 6) is 0.131. The minimum atomic E-state index is 0. The van der Waals surface area contributed by atoms with Gasteiger partial charge in [0.1, 0.15) is 0 Å². The van der Waals surface area contributed by atoms with E-state index in [1.54, 1.807) is 4.90 Å². The first kappa shape index (κ1) is 16.2. The maximum Gasteiger partial charge on any atom is 0.236 e. The van der Waals surface area contributed by atoms with Gasteiger partial charge in [0.2, 0.25) is 11.8 Å². The van der Waals surface area contributed by atoms with Crippen LogP contribution in [0.25, 0.3) is 0 Å². The maximum absolute atomic E-state index is 11.9. The normalized spacial score (nSPS) is 18.9. The second-order valence-electron chi connectivity index (χ2n) is 5.14. The average molecular weight is 291 g/mol. The predicted octanol–water partition coefficient (Wildman–Crippen LogP) is -0.950. The molecule has 0 aromatic heterocycles. The van der Waals surface area contributed by atoms with Gasteiger partial charge in [-0.05, 0) is 19.9 Å². The highest BCUT2D eigenvalue weighted by Crippen LogP contribution is 2.18. The van der Waals surface area contributed by atoms with Crippen LogP contribution in [0, 0.1) is 0 Å². The molecule has 2 N–H and O–H groups in total. The van der Waals surface area contributed by atoms with E-state index in [4.69, 9.17) is 0 Å². The Kier molecular flexibility index (Phi) is 6.54. The number of nitrogens with one attached hydrogen (secondary N) is 2. The Morgan fingerprint density at radius 1 is 1.26 bits per heavy atom. The van der Waals surface area contributed by atoms with E-state index in [2.05, 4.69) is 10.6 Å². The van der Waals surface area contributed by atoms with Crippen LogP contribution in [0.2, 0.25) is 0 Å². The van der Waals surface area contributed by atoms with Crippen LogP contribution < -0.4 is 10.6 Å². The van der Waals surface area contributed by atoms with Crippen molar-refractivity contribution in [3.63, 3.8) is 0 Å². The van der Waals surface area contributed by atoms with Gasteiger partial charge in [0.25, 0.3) is 0 Å². The number of hydrogen-bond acceptors (Lipinski definition) is 4. The van der Waals surface area contributed by atoms with Gasteiger partial charge in [0.15, 0.2) is 0 Å². The van der Waals surface area contributed by atoms with Crippen LogP contribution in [-0.2, 0) is 9.59 Å². The van der Waals surface area contributed by atoms with Crippen molar-refractivity contribution in [2.45, 2.75) is 18.9 Å². The highest BCUT2D eigenvalue weighted by atomic mass is 35.5. The van der Waals surface area contributed by atoms with Gasteiger partial charge >= 0.3 is 0 Å². The molecule has 1 heterocycles. The number of carbonyl (C=O) groups excluding carboxylic acids is 2. The summed E-state index contributed by atoms with van der Waals surface area (Å²) >= 11 is 0. The fraction of sp³-hybridized carbons (Fsp3) is 0.833. The fourth-order valence-corrected chi connectivity index (χ4v) is 2.05. The van der Waals surface area contributed by atoms with Crippen molar-refractivity contribution < 1.29 is 9.59 Å². The van der Waals surface area contributed by atoms with Crippen LogP contribution in [0.3, 0.4) is 0 Å². The topological polar surface area (TPSA) is 64.7 Å². The van der Waals surface area contributed by atoms with Crippen molar-refractivity contribution in [1.82, 2.24) is 20.4 Å². The van der Waals surface area contributed by atoms with Crippen molar-refractivity contribution in [2.75, 3.05) is 46.3 Å². The van der Waals surface area contributed by atoms with E-state index in [-0.39, 0.29) is 24.2 Å². The molecule has 1 aliphatic carbocycles. The third kappa shape index (κ3) is 5.76. The first-order chi connectivity index (χ1) is 8.65. The number of piperazine rings is 1. The van der Waals surface area contributed by atoms with E-state index >= 15 is 0 Å². The fourth-order valence-electron chi connectivity index (χ4n) is 2.05. The van der Waals surface area contributed by atoms with Gasteiger partial charge < -0.3 is 15.5 Å². The van der Waals surface area contributed by atoms with Crippen molar-refractivity contribution in [2.24, 2.45) is 0 Å². The zero-order chi connectivity index (χ0) is 13.0. The molecule has 0 spiro atoms. The van der Waals surface area contributed by atoms with Gasteiger partial charge in [-0.1, -0.05) is 0 Å². The molecule has 1 saturated heterocycles. The first-order valence-electron chi connectivity index (χ1n) is 6.61. The molecular weight excluding hydrogens is 268 g/mol. The van der Waals surface area contributed by atoms with Gasteiger partial charge in [-0.15, -0.1) is 12.4 Å². The van der Waals surface area contributed by atoms with Gasteiger partial charge in [0, 0.05) is 32.2 Å². The third-order valence-corrected chi connectivity index (χ3v) is 3.23. The van der Waals surface area contributed by atoms with Crippen LogP contribution in [0.5, 0.6) is 0 Å². The highest BCUT2D eigenvalue weighted by Gasteiger charge is 2.24. The summed E-state index contributed by atoms with van der Waals surface area (Å²) in [4.78, 5) is 27.2. The van der Waals surface area contributed by atoms with E-state index in [0.29, 0.717) is 19.1 Å². The Balaban J connectivity index is 0.00000180. The van der Waals surface area contributed by atoms with Crippen molar-refractivity contribution in [1.29, 1.82) is 0 Å². The number of carbonyl (C=O) groups is 2. The highest BCUT2D eigenvalue weighted by molar-refractivity contribution is 5.85. The molecule has 0 bridgehead atoms. The molecule has 2 rings (SSSR count). The summed E-state index contributed by atoms with van der Waals surface area (Å²) in [5.41, 5.74) is 0. The molecule has 2 aliphatic rings. The zero-order valence-electron chi connectivity index (χ0n) is 11.4. The quantitative estimate of drug-likeness (QED) is 0.685. The molecule has 7 heteroatoms. The standard InChI is InChI=1S/C12H22N4O2.ClH/c1-15(8-11(17)14-10-2-3-10)9-12(18)16-6-4-13-5-7-16;/h10,13H,2-9H2,1H3,(H,14,17);1H. The lowest BCUT2D eigenvalue weighted by molar-refractivity contribution is -0.133. The molecule has 1 aliphatic heterocycles. The summed E-state index contributed by atoms with van der Waals surface area (Å²) < 4.78 is 0. The Labute approximate surface area is 120 Å². The molecule has 110 valence electrons. The van der Waals surface area contributed by atoms with Crippen molar-refractivity contribution in [3.8, 4) is 0 Å². The van der Waals surface area contributed by atoms with Gasteiger partial charge in [0.05, 0.1) is 13.1 Å². The number of hydrogen-bond donors (Lipinski definition) is 2. The predicted molar refractivity (Wildman–Crippen MR) is 75.4 cm³/mol. The Morgan fingerprint density at radius 2 is 1.89 bits per heavy atom. The maximum atomic E-state index is 11.9. The molecule has 6 nitrogen and oxygen atoms in total. The summed E-state index contributed by atoms with van der Waals surface area (Å²) in [6, 6.07) is 0.384. The van der Waals surface area contributed by atoms with E-state index in [0.717, 1.165) is 39.0 Å². The van der Waals surface area contributed by atoms with Gasteiger partial charge in [-0.2, -0.15) is 0 Å². The molecular formula is C12H23ClN4O2. The molecule has 0 aromatic rings. The van der Waals surface area contributed by atoms with Gasteiger partial charge in [-0.3, -0.25) is 14.5 Å². The number of amides is 2. The van der Waals surface area contributed by atoms with Crippen molar-refractivity contribution >= 4 is 24.2 Å². The molecule has 0 unspecified atom stereocenters. The van der Waals surface area contributed by atoms with E-state index in [1.165, 1.54) is 0 Å². The monoisotopic (exact) mass is 290 g/mol. The number of nitrogens with zero attached hydrogens (tertiary/aromatic N) is 2. The molecule has 0 radical (unpaired) electrons. The minimum absolute atomic E-state index is 0. The van der Waals surface area contributed by atoms with Crippen LogP contribution in [0.1, 0.15) is 12.8 Å². The molecule has 2 fully saturated rings. The van der Waals surface area contributed by atoms with E-state index < -0.39 is 0 Å². The Morgan fingerprint density at radius 3 is 2.47 bits per heavy atom. The zero-order valence-corrected chi connectivity index (χ0v) is 12.2. The second-order valence-corrected chi connectivity index (χ2v) is 5.14. The molecule has 1 saturated carbocycles. The van der Waals surface area contributed by atoms with Crippen LogP contribution >= 0.6 is 12.4 Å². The smallest absolute Gasteiger partial charge is 0.236 e. The van der Waals surface area contributed by atoms with Crippen molar-refractivity contribution in [3.05, 3.63) is 0 Å². The SMILES string of the molecule is CN(CC(=O)NC1CC1)CC(=O)N1CCNCC1.Cl. The Bertz CT molecular complexity index is 317. The molecule has 0 aromatic carbocycles. The molecule has 0 atom stereocenters. The van der Waals surface area contributed by atoms with Crippen LogP contribution in [0.15, 0.2) is 0 Å². The lowest BCUT2D eigenvalue weighted by Crippen LogP contribution is -2.50. The summed E-state index contributed by atoms with van der Waals surface area (Å²) in [7, 11) is 1.81. The Hall–Kier alpha value is -0.850. The summed E-state index contributed by atoms with van der Waals surface area (Å²) in [5, 5.41) is 6.13. The second kappa shape index (κ2) is 7.67. The van der Waals surface area contributed by atoms with Gasteiger partial charge in [-0.25, -0.2) is 0 Å². The molecule has 19 heavy (non-hydrogen) atoms. The van der Waals surface area contributed by atoms with Crippen LogP contribution in [-0.4, -0.2) is 74.0 Å². The molecule has 2 amide bonds. The summed E-state index contributed by atoms with van der Waals surface area (Å²) in [6.07, 6.45) is 2.18.